The van der Waals surface area contributed by atoms with Crippen molar-refractivity contribution in [1.82, 2.24) is 5.32 Å². The lowest BCUT2D eigenvalue weighted by molar-refractivity contribution is -0.384. The molecular formula is C17H16ClN3O5. The molecule has 26 heavy (non-hydrogen) atoms. The van der Waals surface area contributed by atoms with Crippen molar-refractivity contribution in [3.63, 3.8) is 0 Å². The normalized spacial score (nSPS) is 10.1. The summed E-state index contributed by atoms with van der Waals surface area (Å²) in [6.45, 7) is -0.185. The highest BCUT2D eigenvalue weighted by Crippen LogP contribution is 2.24. The van der Waals surface area contributed by atoms with Gasteiger partial charge in [0.2, 0.25) is 0 Å². The number of hydrogen-bond donors (Lipinski definition) is 2. The molecule has 0 aliphatic heterocycles. The van der Waals surface area contributed by atoms with Crippen LogP contribution in [0.2, 0.25) is 5.02 Å². The zero-order valence-corrected chi connectivity index (χ0v) is 14.6. The van der Waals surface area contributed by atoms with Crippen LogP contribution in [-0.4, -0.2) is 30.5 Å². The van der Waals surface area contributed by atoms with E-state index < -0.39 is 23.4 Å². The number of nitrogens with one attached hydrogen (secondary N) is 2. The van der Waals surface area contributed by atoms with E-state index in [1.807, 2.05) is 12.1 Å². The Labute approximate surface area is 154 Å². The molecule has 0 aliphatic rings. The van der Waals surface area contributed by atoms with E-state index in [2.05, 4.69) is 10.6 Å². The van der Waals surface area contributed by atoms with Crippen LogP contribution in [0.3, 0.4) is 0 Å². The Morgan fingerprint density at radius 2 is 1.96 bits per heavy atom. The Morgan fingerprint density at radius 1 is 1.23 bits per heavy atom. The first-order valence-electron chi connectivity index (χ1n) is 7.55. The Bertz CT molecular complexity index is 841. The predicted molar refractivity (Wildman–Crippen MR) is 96.2 cm³/mol. The van der Waals surface area contributed by atoms with Crippen LogP contribution in [0, 0.1) is 10.1 Å². The number of likely N-dealkylation sites (N-methyl/N-ethyl adjacent to an activating group) is 1. The fourth-order valence-corrected chi connectivity index (χ4v) is 2.28. The van der Waals surface area contributed by atoms with Crippen molar-refractivity contribution in [3.8, 4) is 0 Å². The van der Waals surface area contributed by atoms with Crippen molar-refractivity contribution in [2.24, 2.45) is 0 Å². The minimum atomic E-state index is -0.848. The van der Waals surface area contributed by atoms with Gasteiger partial charge in [0.05, 0.1) is 10.5 Å². The van der Waals surface area contributed by atoms with Crippen molar-refractivity contribution in [3.05, 3.63) is 68.7 Å². The Balaban J connectivity index is 2.24. The van der Waals surface area contributed by atoms with Crippen molar-refractivity contribution in [2.75, 3.05) is 19.0 Å². The number of esters is 1. The summed E-state index contributed by atoms with van der Waals surface area (Å²) in [5, 5.41) is 16.8. The second kappa shape index (κ2) is 8.82. The number of nitro groups is 1. The third-order valence-corrected chi connectivity index (χ3v) is 3.84. The molecule has 136 valence electrons. The van der Waals surface area contributed by atoms with E-state index in [0.717, 1.165) is 11.6 Å². The van der Waals surface area contributed by atoms with Gasteiger partial charge >= 0.3 is 5.97 Å². The lowest BCUT2D eigenvalue weighted by Crippen LogP contribution is -2.25. The number of carbonyl (C=O) groups excluding carboxylic acids is 2. The number of benzene rings is 2. The van der Waals surface area contributed by atoms with Crippen LogP contribution in [0.25, 0.3) is 0 Å². The minimum Gasteiger partial charge on any atom is -0.452 e. The first kappa shape index (κ1) is 19.2. The maximum atomic E-state index is 12.2. The first-order valence-corrected chi connectivity index (χ1v) is 7.93. The number of ether oxygens (including phenoxy) is 1. The van der Waals surface area contributed by atoms with Crippen molar-refractivity contribution in [1.29, 1.82) is 0 Å². The summed E-state index contributed by atoms with van der Waals surface area (Å²) < 4.78 is 4.89. The third kappa shape index (κ3) is 4.93. The minimum absolute atomic E-state index is 0.0462. The number of amides is 1. The van der Waals surface area contributed by atoms with Gasteiger partial charge in [0.15, 0.2) is 6.61 Å². The largest absolute Gasteiger partial charge is 0.452 e. The van der Waals surface area contributed by atoms with Crippen LogP contribution in [0.4, 0.5) is 11.4 Å². The molecule has 0 bridgehead atoms. The summed E-state index contributed by atoms with van der Waals surface area (Å²) in [7, 11) is 1.40. The molecule has 0 aromatic heterocycles. The molecule has 0 radical (unpaired) electrons. The van der Waals surface area contributed by atoms with Crippen LogP contribution >= 0.6 is 11.6 Å². The Kier molecular flexibility index (Phi) is 6.51. The van der Waals surface area contributed by atoms with E-state index in [4.69, 9.17) is 16.3 Å². The lowest BCUT2D eigenvalue weighted by Gasteiger charge is -2.12. The highest BCUT2D eigenvalue weighted by Gasteiger charge is 2.19. The van der Waals surface area contributed by atoms with Gasteiger partial charge in [-0.2, -0.15) is 0 Å². The maximum absolute atomic E-state index is 12.2. The summed E-state index contributed by atoms with van der Waals surface area (Å²) >= 11 is 6.09. The second-order valence-corrected chi connectivity index (χ2v) is 5.59. The number of carbonyl (C=O) groups is 2. The van der Waals surface area contributed by atoms with E-state index in [0.29, 0.717) is 17.3 Å². The second-order valence-electron chi connectivity index (χ2n) is 5.18. The number of anilines is 1. The van der Waals surface area contributed by atoms with E-state index in [1.165, 1.54) is 19.2 Å². The topological polar surface area (TPSA) is 111 Å². The van der Waals surface area contributed by atoms with Gasteiger partial charge in [-0.1, -0.05) is 29.8 Å². The number of hydrogen-bond acceptors (Lipinski definition) is 6. The predicted octanol–water partition coefficient (Wildman–Crippen LogP) is 2.76. The summed E-state index contributed by atoms with van der Waals surface area (Å²) in [6.07, 6.45) is 0. The Morgan fingerprint density at radius 3 is 2.62 bits per heavy atom. The smallest absolute Gasteiger partial charge is 0.341 e. The van der Waals surface area contributed by atoms with Gasteiger partial charge in [-0.25, -0.2) is 4.79 Å². The van der Waals surface area contributed by atoms with Gasteiger partial charge < -0.3 is 15.4 Å². The van der Waals surface area contributed by atoms with Gasteiger partial charge in [-0.05, 0) is 17.7 Å². The van der Waals surface area contributed by atoms with Gasteiger partial charge in [0.1, 0.15) is 0 Å². The van der Waals surface area contributed by atoms with Crippen LogP contribution < -0.4 is 10.6 Å². The average molecular weight is 378 g/mol. The molecule has 2 aromatic rings. The molecule has 9 heteroatoms. The van der Waals surface area contributed by atoms with Gasteiger partial charge in [0.25, 0.3) is 11.6 Å². The molecule has 2 rings (SSSR count). The molecule has 2 aromatic carbocycles. The van der Waals surface area contributed by atoms with Crippen molar-refractivity contribution < 1.29 is 19.2 Å². The van der Waals surface area contributed by atoms with Crippen LogP contribution in [-0.2, 0) is 16.1 Å². The van der Waals surface area contributed by atoms with E-state index in [9.17, 15) is 19.7 Å². The van der Waals surface area contributed by atoms with Crippen LogP contribution in [0.1, 0.15) is 15.9 Å². The molecule has 1 amide bonds. The highest BCUT2D eigenvalue weighted by molar-refractivity contribution is 6.31. The Hall–Kier alpha value is -3.13. The third-order valence-electron chi connectivity index (χ3n) is 3.47. The molecule has 0 fully saturated rings. The average Bonchev–Trinajstić information content (AvgIpc) is 2.64. The number of nitro benzene ring substituents is 1. The monoisotopic (exact) mass is 377 g/mol. The van der Waals surface area contributed by atoms with Crippen LogP contribution in [0.5, 0.6) is 0 Å². The first-order chi connectivity index (χ1) is 12.4. The van der Waals surface area contributed by atoms with Gasteiger partial charge in [-0.3, -0.25) is 14.9 Å². The zero-order chi connectivity index (χ0) is 19.1. The number of nitrogens with zero attached hydrogens (tertiary/aromatic N) is 1. The molecule has 0 heterocycles. The molecule has 8 nitrogen and oxygen atoms in total. The van der Waals surface area contributed by atoms with Gasteiger partial charge in [0, 0.05) is 36.4 Å². The SMILES string of the molecule is CNC(=O)COC(=O)c1cc([N+](=O)[O-])ccc1NCc1ccccc1Cl. The van der Waals surface area contributed by atoms with Gasteiger partial charge in [-0.15, -0.1) is 0 Å². The standard InChI is InChI=1S/C17H16ClN3O5/c1-19-16(22)10-26-17(23)13-8-12(21(24)25)6-7-15(13)20-9-11-4-2-3-5-14(11)18/h2-8,20H,9-10H2,1H3,(H,19,22). The summed E-state index contributed by atoms with van der Waals surface area (Å²) in [4.78, 5) is 33.8. The maximum Gasteiger partial charge on any atom is 0.341 e. The number of rotatable bonds is 7. The van der Waals surface area contributed by atoms with Crippen molar-refractivity contribution >= 4 is 34.9 Å². The lowest BCUT2D eigenvalue weighted by atomic mass is 10.1. The quantitative estimate of drug-likeness (QED) is 0.436. The molecule has 2 N–H and O–H groups in total. The number of halogens is 1. The van der Waals surface area contributed by atoms with Crippen molar-refractivity contribution in [2.45, 2.75) is 6.54 Å². The van der Waals surface area contributed by atoms with E-state index in [-0.39, 0.29) is 11.3 Å². The molecule has 0 saturated heterocycles. The fourth-order valence-electron chi connectivity index (χ4n) is 2.08. The highest BCUT2D eigenvalue weighted by atomic mass is 35.5. The zero-order valence-electron chi connectivity index (χ0n) is 13.8. The van der Waals surface area contributed by atoms with Crippen LogP contribution in [0.15, 0.2) is 42.5 Å². The molecule has 0 saturated carbocycles. The molecular weight excluding hydrogens is 362 g/mol. The van der Waals surface area contributed by atoms with E-state index in [1.54, 1.807) is 12.1 Å². The molecule has 0 aliphatic carbocycles. The molecule has 0 atom stereocenters. The summed E-state index contributed by atoms with van der Waals surface area (Å²) in [5.41, 5.74) is 0.810. The number of non-ortho nitro benzene ring substituents is 1. The molecule has 0 unspecified atom stereocenters. The molecule has 0 spiro atoms. The van der Waals surface area contributed by atoms with E-state index >= 15 is 0 Å². The fraction of sp³-hybridized carbons (Fsp3) is 0.176. The summed E-state index contributed by atoms with van der Waals surface area (Å²) in [6, 6.07) is 10.9. The summed E-state index contributed by atoms with van der Waals surface area (Å²) in [5.74, 6) is -1.34.